The van der Waals surface area contributed by atoms with Gasteiger partial charge in [0.15, 0.2) is 0 Å². The standard InChI is InChI=1S/C36H21NO2/c1-4-12-29-27(9-1)35-30(21-20-26-25-8-2-5-13-31(25)39-36(26)35)37(29)23-18-16-22(17-19-23)24-11-7-15-33-34(24)28-10-3-6-14-32(28)38-33/h1-21H. The van der Waals surface area contributed by atoms with Crippen LogP contribution >= 0.6 is 0 Å². The maximum Gasteiger partial charge on any atom is 0.145 e. The molecule has 0 atom stereocenters. The summed E-state index contributed by atoms with van der Waals surface area (Å²) in [5, 5.41) is 6.94. The topological polar surface area (TPSA) is 31.2 Å². The van der Waals surface area contributed by atoms with Gasteiger partial charge in [0.05, 0.1) is 16.4 Å². The summed E-state index contributed by atoms with van der Waals surface area (Å²) >= 11 is 0. The number of aromatic nitrogens is 1. The van der Waals surface area contributed by atoms with E-state index in [1.165, 1.54) is 10.9 Å². The number of furan rings is 2. The van der Waals surface area contributed by atoms with Crippen LogP contribution in [0.5, 0.6) is 0 Å². The summed E-state index contributed by atoms with van der Waals surface area (Å²) in [5.41, 5.74) is 9.44. The number of benzene rings is 6. The summed E-state index contributed by atoms with van der Waals surface area (Å²) in [5.74, 6) is 0. The predicted octanol–water partition coefficient (Wildman–Crippen LogP) is 10.2. The third-order valence-corrected chi connectivity index (χ3v) is 8.02. The number of hydrogen-bond acceptors (Lipinski definition) is 2. The zero-order valence-electron chi connectivity index (χ0n) is 20.9. The van der Waals surface area contributed by atoms with E-state index in [9.17, 15) is 0 Å². The van der Waals surface area contributed by atoms with Crippen molar-refractivity contribution in [2.45, 2.75) is 0 Å². The molecule has 0 N–H and O–H groups in total. The largest absolute Gasteiger partial charge is 0.456 e. The molecule has 182 valence electrons. The Bertz CT molecular complexity index is 2380. The molecule has 0 amide bonds. The van der Waals surface area contributed by atoms with Gasteiger partial charge in [0.1, 0.15) is 22.3 Å². The van der Waals surface area contributed by atoms with Crippen LogP contribution in [-0.4, -0.2) is 4.57 Å². The van der Waals surface area contributed by atoms with Gasteiger partial charge in [-0.3, -0.25) is 0 Å². The average Bonchev–Trinajstić information content (AvgIpc) is 3.66. The molecule has 0 aliphatic heterocycles. The molecule has 3 heteroatoms. The Labute approximate surface area is 223 Å². The van der Waals surface area contributed by atoms with E-state index in [4.69, 9.17) is 8.83 Å². The Balaban J connectivity index is 1.28. The van der Waals surface area contributed by atoms with E-state index in [2.05, 4.69) is 102 Å². The maximum absolute atomic E-state index is 6.45. The lowest BCUT2D eigenvalue weighted by molar-refractivity contribution is 0.669. The predicted molar refractivity (Wildman–Crippen MR) is 161 cm³/mol. The smallest absolute Gasteiger partial charge is 0.145 e. The number of fused-ring (bicyclic) bond motifs is 10. The summed E-state index contributed by atoms with van der Waals surface area (Å²) in [7, 11) is 0. The minimum Gasteiger partial charge on any atom is -0.456 e. The van der Waals surface area contributed by atoms with Crippen molar-refractivity contribution in [3.8, 4) is 16.8 Å². The van der Waals surface area contributed by atoms with Crippen LogP contribution in [0.25, 0.3) is 82.5 Å². The molecular formula is C36H21NO2. The second-order valence-electron chi connectivity index (χ2n) is 10.1. The summed E-state index contributed by atoms with van der Waals surface area (Å²) < 4.78 is 14.9. The van der Waals surface area contributed by atoms with Gasteiger partial charge in [0, 0.05) is 32.6 Å². The van der Waals surface area contributed by atoms with E-state index < -0.39 is 0 Å². The normalized spacial score (nSPS) is 12.1. The van der Waals surface area contributed by atoms with Crippen molar-refractivity contribution in [1.82, 2.24) is 4.57 Å². The number of hydrogen-bond donors (Lipinski definition) is 0. The Morgan fingerprint density at radius 2 is 1.10 bits per heavy atom. The second-order valence-corrected chi connectivity index (χ2v) is 10.1. The highest BCUT2D eigenvalue weighted by atomic mass is 16.3. The lowest BCUT2D eigenvalue weighted by Crippen LogP contribution is -1.93. The summed E-state index contributed by atoms with van der Waals surface area (Å²) in [6.07, 6.45) is 0. The number of rotatable bonds is 2. The third-order valence-electron chi connectivity index (χ3n) is 8.02. The fraction of sp³-hybridized carbons (Fsp3) is 0. The van der Waals surface area contributed by atoms with Crippen LogP contribution in [0.1, 0.15) is 0 Å². The van der Waals surface area contributed by atoms with Crippen LogP contribution < -0.4 is 0 Å². The summed E-state index contributed by atoms with van der Waals surface area (Å²) in [4.78, 5) is 0. The van der Waals surface area contributed by atoms with Crippen molar-refractivity contribution in [2.75, 3.05) is 0 Å². The highest BCUT2D eigenvalue weighted by Gasteiger charge is 2.18. The Morgan fingerprint density at radius 3 is 1.95 bits per heavy atom. The molecule has 0 spiro atoms. The van der Waals surface area contributed by atoms with Crippen molar-refractivity contribution in [1.29, 1.82) is 0 Å². The molecule has 0 radical (unpaired) electrons. The SMILES string of the molecule is c1ccc2c(c1)oc1c2ccc2c1c1ccccc1n2-c1ccc(-c2cccc3oc4ccccc4c23)cc1. The molecule has 0 saturated heterocycles. The van der Waals surface area contributed by atoms with Crippen LogP contribution in [0.4, 0.5) is 0 Å². The van der Waals surface area contributed by atoms with E-state index in [1.807, 2.05) is 30.3 Å². The number of nitrogens with zero attached hydrogens (tertiary/aromatic N) is 1. The molecule has 0 bridgehead atoms. The molecule has 9 rings (SSSR count). The van der Waals surface area contributed by atoms with Gasteiger partial charge in [-0.25, -0.2) is 0 Å². The zero-order valence-corrected chi connectivity index (χ0v) is 20.9. The fourth-order valence-corrected chi connectivity index (χ4v) is 6.32. The van der Waals surface area contributed by atoms with Crippen LogP contribution in [0.3, 0.4) is 0 Å². The van der Waals surface area contributed by atoms with Gasteiger partial charge < -0.3 is 13.4 Å². The van der Waals surface area contributed by atoms with E-state index in [0.29, 0.717) is 0 Å². The monoisotopic (exact) mass is 499 g/mol. The first kappa shape index (κ1) is 20.7. The first-order valence-electron chi connectivity index (χ1n) is 13.2. The van der Waals surface area contributed by atoms with Crippen molar-refractivity contribution in [3.63, 3.8) is 0 Å². The van der Waals surface area contributed by atoms with Crippen molar-refractivity contribution < 1.29 is 8.83 Å². The molecule has 3 nitrogen and oxygen atoms in total. The quantitative estimate of drug-likeness (QED) is 0.237. The third kappa shape index (κ3) is 2.82. The molecule has 3 heterocycles. The van der Waals surface area contributed by atoms with Crippen molar-refractivity contribution in [3.05, 3.63) is 127 Å². The lowest BCUT2D eigenvalue weighted by Gasteiger charge is -2.10. The number of para-hydroxylation sites is 3. The van der Waals surface area contributed by atoms with E-state index in [0.717, 1.165) is 71.5 Å². The molecule has 9 aromatic rings. The van der Waals surface area contributed by atoms with E-state index in [1.54, 1.807) is 0 Å². The Hall–Kier alpha value is -5.28. The van der Waals surface area contributed by atoms with Crippen LogP contribution in [-0.2, 0) is 0 Å². The minimum absolute atomic E-state index is 0.912. The van der Waals surface area contributed by atoms with Crippen molar-refractivity contribution >= 4 is 65.7 Å². The molecule has 0 saturated carbocycles. The van der Waals surface area contributed by atoms with Gasteiger partial charge in [-0.05, 0) is 59.7 Å². The van der Waals surface area contributed by atoms with E-state index >= 15 is 0 Å². The lowest BCUT2D eigenvalue weighted by atomic mass is 9.99. The van der Waals surface area contributed by atoms with Crippen LogP contribution in [0.15, 0.2) is 136 Å². The minimum atomic E-state index is 0.912. The van der Waals surface area contributed by atoms with Gasteiger partial charge in [-0.1, -0.05) is 78.9 Å². The Morgan fingerprint density at radius 1 is 0.410 bits per heavy atom. The average molecular weight is 500 g/mol. The van der Waals surface area contributed by atoms with E-state index in [-0.39, 0.29) is 0 Å². The first-order chi connectivity index (χ1) is 19.3. The molecule has 6 aromatic carbocycles. The molecule has 3 aromatic heterocycles. The molecule has 0 aliphatic carbocycles. The fourth-order valence-electron chi connectivity index (χ4n) is 6.32. The molecule has 0 unspecified atom stereocenters. The Kier molecular flexibility index (Phi) is 4.05. The van der Waals surface area contributed by atoms with Crippen LogP contribution in [0, 0.1) is 0 Å². The molecule has 39 heavy (non-hydrogen) atoms. The molecular weight excluding hydrogens is 478 g/mol. The zero-order chi connectivity index (χ0) is 25.5. The van der Waals surface area contributed by atoms with Crippen LogP contribution in [0.2, 0.25) is 0 Å². The van der Waals surface area contributed by atoms with Gasteiger partial charge in [0.2, 0.25) is 0 Å². The molecule has 0 aliphatic rings. The highest BCUT2D eigenvalue weighted by molar-refractivity contribution is 6.23. The first-order valence-corrected chi connectivity index (χ1v) is 13.2. The summed E-state index contributed by atoms with van der Waals surface area (Å²) in [6, 6.07) is 44.7. The van der Waals surface area contributed by atoms with Gasteiger partial charge in [-0.2, -0.15) is 0 Å². The molecule has 0 fully saturated rings. The van der Waals surface area contributed by atoms with Gasteiger partial charge >= 0.3 is 0 Å². The maximum atomic E-state index is 6.45. The van der Waals surface area contributed by atoms with Gasteiger partial charge in [-0.15, -0.1) is 0 Å². The second kappa shape index (κ2) is 7.62. The highest BCUT2D eigenvalue weighted by Crippen LogP contribution is 2.41. The van der Waals surface area contributed by atoms with Gasteiger partial charge in [0.25, 0.3) is 0 Å². The summed E-state index contributed by atoms with van der Waals surface area (Å²) in [6.45, 7) is 0. The van der Waals surface area contributed by atoms with Crippen molar-refractivity contribution in [2.24, 2.45) is 0 Å².